The zero-order valence-electron chi connectivity index (χ0n) is 12.3. The van der Waals surface area contributed by atoms with E-state index < -0.39 is 0 Å². The Morgan fingerprint density at radius 2 is 1.59 bits per heavy atom. The summed E-state index contributed by atoms with van der Waals surface area (Å²) < 4.78 is 20.4. The van der Waals surface area contributed by atoms with Crippen molar-refractivity contribution in [1.29, 1.82) is 0 Å². The predicted molar refractivity (Wildman–Crippen MR) is 94.6 cm³/mol. The second-order valence-corrected chi connectivity index (χ2v) is 6.68. The maximum absolute atomic E-state index is 12.8. The summed E-state index contributed by atoms with van der Waals surface area (Å²) in [5.41, 5.74) is 2.20. The van der Waals surface area contributed by atoms with Gasteiger partial charge in [0.1, 0.15) is 11.6 Å². The van der Waals surface area contributed by atoms with E-state index in [0.29, 0.717) is 13.2 Å². The second-order valence-electron chi connectivity index (χ2n) is 4.97. The van der Waals surface area contributed by atoms with Gasteiger partial charge in [-0.2, -0.15) is 0 Å². The van der Waals surface area contributed by atoms with Crippen LogP contribution in [0, 0.1) is 5.82 Å². The largest absolute Gasteiger partial charge is 0.491 e. The molecule has 0 unspecified atom stereocenters. The van der Waals surface area contributed by atoms with Gasteiger partial charge in [-0.25, -0.2) is 4.39 Å². The lowest BCUT2D eigenvalue weighted by Crippen LogP contribution is -2.12. The molecule has 2 aromatic carbocycles. The summed E-state index contributed by atoms with van der Waals surface area (Å²) in [7, 11) is 0. The molecule has 0 saturated carbocycles. The quantitative estimate of drug-likeness (QED) is 0.632. The summed E-state index contributed by atoms with van der Waals surface area (Å²) in [5.74, 6) is 0.628. The third kappa shape index (κ3) is 5.07. The minimum atomic E-state index is -0.209. The molecule has 0 fully saturated rings. The Kier molecular flexibility index (Phi) is 6.86. The van der Waals surface area contributed by atoms with Gasteiger partial charge in [0.05, 0.1) is 15.6 Å². The highest BCUT2D eigenvalue weighted by Crippen LogP contribution is 2.34. The predicted octanol–water partition coefficient (Wildman–Crippen LogP) is 5.43. The molecule has 22 heavy (non-hydrogen) atoms. The van der Waals surface area contributed by atoms with Gasteiger partial charge < -0.3 is 10.1 Å². The van der Waals surface area contributed by atoms with Gasteiger partial charge in [-0.1, -0.05) is 19.1 Å². The lowest BCUT2D eigenvalue weighted by atomic mass is 10.2. The molecule has 0 saturated heterocycles. The topological polar surface area (TPSA) is 21.3 Å². The van der Waals surface area contributed by atoms with E-state index in [0.717, 1.165) is 38.8 Å². The average Bonchev–Trinajstić information content (AvgIpc) is 2.48. The number of rotatable bonds is 7. The number of hydrogen-bond acceptors (Lipinski definition) is 2. The lowest BCUT2D eigenvalue weighted by molar-refractivity contribution is 0.313. The van der Waals surface area contributed by atoms with Crippen molar-refractivity contribution in [3.63, 3.8) is 0 Å². The smallest absolute Gasteiger partial charge is 0.147 e. The van der Waals surface area contributed by atoms with E-state index in [2.05, 4.69) is 44.1 Å². The molecule has 0 radical (unpaired) electrons. The minimum absolute atomic E-state index is 0.209. The molecule has 2 rings (SSSR count). The van der Waals surface area contributed by atoms with Crippen molar-refractivity contribution >= 4 is 31.9 Å². The van der Waals surface area contributed by atoms with Crippen molar-refractivity contribution in [3.8, 4) is 5.75 Å². The molecule has 0 amide bonds. The highest BCUT2D eigenvalue weighted by atomic mass is 79.9. The highest BCUT2D eigenvalue weighted by Gasteiger charge is 2.08. The minimum Gasteiger partial charge on any atom is -0.491 e. The number of halogens is 3. The van der Waals surface area contributed by atoms with Crippen LogP contribution >= 0.6 is 31.9 Å². The first kappa shape index (κ1) is 17.4. The fourth-order valence-electron chi connectivity index (χ4n) is 2.01. The Balaban J connectivity index is 1.94. The van der Waals surface area contributed by atoms with Crippen LogP contribution in [0.4, 0.5) is 4.39 Å². The first-order valence-corrected chi connectivity index (χ1v) is 8.74. The van der Waals surface area contributed by atoms with Crippen LogP contribution in [0.25, 0.3) is 0 Å². The molecular weight excluding hydrogens is 413 g/mol. The monoisotopic (exact) mass is 429 g/mol. The van der Waals surface area contributed by atoms with E-state index in [-0.39, 0.29) is 5.82 Å². The van der Waals surface area contributed by atoms with Crippen LogP contribution in [0.5, 0.6) is 5.75 Å². The standard InChI is InChI=1S/C17H18Br2FNO/c1-2-7-22-17-15(18)8-13(9-16(17)19)11-21-10-12-3-5-14(20)6-4-12/h3-6,8-9,21H,2,7,10-11H2,1H3. The van der Waals surface area contributed by atoms with E-state index in [9.17, 15) is 4.39 Å². The summed E-state index contributed by atoms with van der Waals surface area (Å²) in [6.07, 6.45) is 0.972. The van der Waals surface area contributed by atoms with Gasteiger partial charge in [0.25, 0.3) is 0 Å². The number of benzene rings is 2. The number of ether oxygens (including phenoxy) is 1. The first-order valence-electron chi connectivity index (χ1n) is 7.16. The third-order valence-electron chi connectivity index (χ3n) is 3.08. The van der Waals surface area contributed by atoms with Gasteiger partial charge in [-0.15, -0.1) is 0 Å². The van der Waals surface area contributed by atoms with Gasteiger partial charge in [0, 0.05) is 13.1 Å². The number of hydrogen-bond donors (Lipinski definition) is 1. The fourth-order valence-corrected chi connectivity index (χ4v) is 3.52. The molecule has 0 aromatic heterocycles. The summed E-state index contributed by atoms with van der Waals surface area (Å²) in [6.45, 7) is 4.20. The van der Waals surface area contributed by atoms with Crippen molar-refractivity contribution in [1.82, 2.24) is 5.32 Å². The molecule has 1 N–H and O–H groups in total. The van der Waals surface area contributed by atoms with E-state index >= 15 is 0 Å². The molecule has 0 heterocycles. The van der Waals surface area contributed by atoms with Crippen LogP contribution in [0.2, 0.25) is 0 Å². The third-order valence-corrected chi connectivity index (χ3v) is 4.26. The normalized spacial score (nSPS) is 10.7. The summed E-state index contributed by atoms with van der Waals surface area (Å²) in [4.78, 5) is 0. The lowest BCUT2D eigenvalue weighted by Gasteiger charge is -2.12. The van der Waals surface area contributed by atoms with Gasteiger partial charge in [-0.3, -0.25) is 0 Å². The number of nitrogens with one attached hydrogen (secondary N) is 1. The van der Waals surface area contributed by atoms with Gasteiger partial charge >= 0.3 is 0 Å². The Morgan fingerprint density at radius 3 is 2.18 bits per heavy atom. The maximum Gasteiger partial charge on any atom is 0.147 e. The van der Waals surface area contributed by atoms with E-state index in [1.165, 1.54) is 12.1 Å². The summed E-state index contributed by atoms with van der Waals surface area (Å²) in [6, 6.07) is 10.6. The molecule has 0 spiro atoms. The van der Waals surface area contributed by atoms with Crippen LogP contribution < -0.4 is 10.1 Å². The fraction of sp³-hybridized carbons (Fsp3) is 0.294. The molecule has 0 atom stereocenters. The maximum atomic E-state index is 12.8. The van der Waals surface area contributed by atoms with Crippen LogP contribution in [0.15, 0.2) is 45.3 Å². The zero-order chi connectivity index (χ0) is 15.9. The first-order chi connectivity index (χ1) is 10.6. The SMILES string of the molecule is CCCOc1c(Br)cc(CNCc2ccc(F)cc2)cc1Br. The Hall–Kier alpha value is -0.910. The van der Waals surface area contributed by atoms with Crippen LogP contribution in [-0.2, 0) is 13.1 Å². The van der Waals surface area contributed by atoms with Gasteiger partial charge in [0.2, 0.25) is 0 Å². The van der Waals surface area contributed by atoms with Crippen molar-refractivity contribution in [3.05, 3.63) is 62.3 Å². The Morgan fingerprint density at radius 1 is 1.00 bits per heavy atom. The van der Waals surface area contributed by atoms with Crippen molar-refractivity contribution in [2.45, 2.75) is 26.4 Å². The van der Waals surface area contributed by atoms with Crippen LogP contribution in [0.3, 0.4) is 0 Å². The van der Waals surface area contributed by atoms with E-state index in [1.54, 1.807) is 12.1 Å². The van der Waals surface area contributed by atoms with Crippen molar-refractivity contribution in [2.24, 2.45) is 0 Å². The molecule has 5 heteroatoms. The molecule has 0 bridgehead atoms. The van der Waals surface area contributed by atoms with Crippen LogP contribution in [-0.4, -0.2) is 6.61 Å². The van der Waals surface area contributed by atoms with Crippen LogP contribution in [0.1, 0.15) is 24.5 Å². The second kappa shape index (κ2) is 8.65. The van der Waals surface area contributed by atoms with Crippen molar-refractivity contribution in [2.75, 3.05) is 6.61 Å². The molecule has 0 aliphatic carbocycles. The molecule has 0 aliphatic heterocycles. The zero-order valence-corrected chi connectivity index (χ0v) is 15.5. The summed E-state index contributed by atoms with van der Waals surface area (Å²) in [5, 5.41) is 3.35. The van der Waals surface area contributed by atoms with Crippen molar-refractivity contribution < 1.29 is 9.13 Å². The molecule has 118 valence electrons. The molecule has 2 aromatic rings. The molecule has 2 nitrogen and oxygen atoms in total. The summed E-state index contributed by atoms with van der Waals surface area (Å²) >= 11 is 7.10. The van der Waals surface area contributed by atoms with Gasteiger partial charge in [-0.05, 0) is 73.7 Å². The Bertz CT molecular complexity index is 594. The van der Waals surface area contributed by atoms with E-state index in [1.807, 2.05) is 12.1 Å². The van der Waals surface area contributed by atoms with Gasteiger partial charge in [0.15, 0.2) is 0 Å². The average molecular weight is 431 g/mol. The highest BCUT2D eigenvalue weighted by molar-refractivity contribution is 9.11. The molecule has 0 aliphatic rings. The Labute approximate surface area is 147 Å². The molecular formula is C17H18Br2FNO. The van der Waals surface area contributed by atoms with E-state index in [4.69, 9.17) is 4.74 Å².